The van der Waals surface area contributed by atoms with Gasteiger partial charge in [0, 0.05) is 43.1 Å². The Balaban J connectivity index is 1.88. The van der Waals surface area contributed by atoms with Crippen LogP contribution in [0.15, 0.2) is 12.4 Å². The molecule has 0 spiro atoms. The first-order valence-electron chi connectivity index (χ1n) is 8.06. The fourth-order valence-electron chi connectivity index (χ4n) is 3.25. The van der Waals surface area contributed by atoms with E-state index in [1.807, 2.05) is 12.4 Å². The SMILES string of the molecule is CC(C)(C)CC(C)(C)NCc1cnc(N2CCCC2)nc1. The monoisotopic (exact) mass is 290 g/mol. The molecule has 0 unspecified atom stereocenters. The fraction of sp³-hybridized carbons (Fsp3) is 0.765. The molecule has 0 amide bonds. The number of rotatable bonds is 5. The van der Waals surface area contributed by atoms with Gasteiger partial charge in [0.05, 0.1) is 0 Å². The van der Waals surface area contributed by atoms with Crippen LogP contribution in [-0.2, 0) is 6.54 Å². The van der Waals surface area contributed by atoms with Crippen molar-refractivity contribution in [2.75, 3.05) is 18.0 Å². The lowest BCUT2D eigenvalue weighted by Gasteiger charge is -2.33. The van der Waals surface area contributed by atoms with Crippen LogP contribution in [0.1, 0.15) is 59.4 Å². The molecular formula is C17H30N4. The van der Waals surface area contributed by atoms with Crippen molar-refractivity contribution in [3.8, 4) is 0 Å². The average Bonchev–Trinajstić information content (AvgIpc) is 2.88. The first-order chi connectivity index (χ1) is 9.75. The van der Waals surface area contributed by atoms with Crippen LogP contribution in [0.4, 0.5) is 5.95 Å². The maximum atomic E-state index is 4.51. The summed E-state index contributed by atoms with van der Waals surface area (Å²) in [5.74, 6) is 0.880. The molecule has 2 rings (SSSR count). The largest absolute Gasteiger partial charge is 0.341 e. The Labute approximate surface area is 129 Å². The minimum Gasteiger partial charge on any atom is -0.341 e. The third-order valence-corrected chi connectivity index (χ3v) is 3.82. The van der Waals surface area contributed by atoms with Crippen molar-refractivity contribution in [2.24, 2.45) is 5.41 Å². The lowest BCUT2D eigenvalue weighted by Crippen LogP contribution is -2.41. The van der Waals surface area contributed by atoms with E-state index in [2.05, 4.69) is 54.8 Å². The minimum atomic E-state index is 0.117. The van der Waals surface area contributed by atoms with Gasteiger partial charge >= 0.3 is 0 Å². The van der Waals surface area contributed by atoms with Gasteiger partial charge in [0.2, 0.25) is 5.95 Å². The van der Waals surface area contributed by atoms with Gasteiger partial charge < -0.3 is 10.2 Å². The third kappa shape index (κ3) is 5.27. The Morgan fingerprint density at radius 3 is 2.14 bits per heavy atom. The van der Waals surface area contributed by atoms with Crippen molar-refractivity contribution in [1.82, 2.24) is 15.3 Å². The lowest BCUT2D eigenvalue weighted by atomic mass is 9.82. The summed E-state index contributed by atoms with van der Waals surface area (Å²) in [7, 11) is 0. The summed E-state index contributed by atoms with van der Waals surface area (Å²) >= 11 is 0. The second kappa shape index (κ2) is 6.30. The highest BCUT2D eigenvalue weighted by Crippen LogP contribution is 2.27. The van der Waals surface area contributed by atoms with E-state index in [4.69, 9.17) is 0 Å². The van der Waals surface area contributed by atoms with Gasteiger partial charge in [0.25, 0.3) is 0 Å². The molecule has 1 fully saturated rings. The number of aromatic nitrogens is 2. The summed E-state index contributed by atoms with van der Waals surface area (Å²) in [5, 5.41) is 3.63. The van der Waals surface area contributed by atoms with Crippen LogP contribution in [0.5, 0.6) is 0 Å². The van der Waals surface area contributed by atoms with E-state index in [0.29, 0.717) is 5.41 Å². The zero-order valence-electron chi connectivity index (χ0n) is 14.2. The highest BCUT2D eigenvalue weighted by atomic mass is 15.3. The molecular weight excluding hydrogens is 260 g/mol. The summed E-state index contributed by atoms with van der Waals surface area (Å²) in [6.45, 7) is 14.4. The molecule has 2 heterocycles. The number of nitrogens with zero attached hydrogens (tertiary/aromatic N) is 3. The van der Waals surface area contributed by atoms with E-state index in [0.717, 1.165) is 37.6 Å². The Bertz CT molecular complexity index is 439. The van der Waals surface area contributed by atoms with Crippen molar-refractivity contribution in [3.63, 3.8) is 0 Å². The molecule has 4 nitrogen and oxygen atoms in total. The first kappa shape index (κ1) is 16.2. The molecule has 1 aliphatic heterocycles. The van der Waals surface area contributed by atoms with Crippen LogP contribution in [0.2, 0.25) is 0 Å². The minimum absolute atomic E-state index is 0.117. The molecule has 1 saturated heterocycles. The Morgan fingerprint density at radius 1 is 1.05 bits per heavy atom. The van der Waals surface area contributed by atoms with E-state index < -0.39 is 0 Å². The van der Waals surface area contributed by atoms with Crippen LogP contribution in [-0.4, -0.2) is 28.6 Å². The molecule has 118 valence electrons. The maximum absolute atomic E-state index is 4.51. The van der Waals surface area contributed by atoms with E-state index in [1.165, 1.54) is 12.8 Å². The highest BCUT2D eigenvalue weighted by molar-refractivity contribution is 5.30. The molecule has 0 saturated carbocycles. The molecule has 4 heteroatoms. The molecule has 1 aliphatic rings. The summed E-state index contributed by atoms with van der Waals surface area (Å²) in [5.41, 5.74) is 1.60. The van der Waals surface area contributed by atoms with Crippen LogP contribution in [0, 0.1) is 5.41 Å². The number of anilines is 1. The lowest BCUT2D eigenvalue weighted by molar-refractivity contribution is 0.240. The Kier molecular flexibility index (Phi) is 4.87. The second-order valence-corrected chi connectivity index (χ2v) is 8.06. The van der Waals surface area contributed by atoms with Crippen molar-refractivity contribution in [2.45, 2.75) is 66.0 Å². The molecule has 1 aromatic heterocycles. The first-order valence-corrected chi connectivity index (χ1v) is 8.06. The molecule has 0 aliphatic carbocycles. The quantitative estimate of drug-likeness (QED) is 0.902. The van der Waals surface area contributed by atoms with E-state index in [-0.39, 0.29) is 5.54 Å². The topological polar surface area (TPSA) is 41.1 Å². The fourth-order valence-corrected chi connectivity index (χ4v) is 3.25. The third-order valence-electron chi connectivity index (χ3n) is 3.82. The summed E-state index contributed by atoms with van der Waals surface area (Å²) in [6.07, 6.45) is 7.57. The summed E-state index contributed by atoms with van der Waals surface area (Å²) in [4.78, 5) is 11.3. The molecule has 0 aromatic carbocycles. The molecule has 21 heavy (non-hydrogen) atoms. The van der Waals surface area contributed by atoms with Crippen LogP contribution in [0.25, 0.3) is 0 Å². The van der Waals surface area contributed by atoms with Gasteiger partial charge in [-0.2, -0.15) is 0 Å². The molecule has 1 N–H and O–H groups in total. The predicted molar refractivity (Wildman–Crippen MR) is 88.5 cm³/mol. The number of hydrogen-bond donors (Lipinski definition) is 1. The standard InChI is InChI=1S/C17H30N4/c1-16(2,3)13-17(4,5)20-12-14-10-18-15(19-11-14)21-8-6-7-9-21/h10-11,20H,6-9,12-13H2,1-5H3. The van der Waals surface area contributed by atoms with Crippen molar-refractivity contribution < 1.29 is 0 Å². The predicted octanol–water partition coefficient (Wildman–Crippen LogP) is 3.38. The normalized spacial score (nSPS) is 16.5. The van der Waals surface area contributed by atoms with Gasteiger partial charge in [-0.25, -0.2) is 9.97 Å². The van der Waals surface area contributed by atoms with Gasteiger partial charge in [-0.15, -0.1) is 0 Å². The summed E-state index contributed by atoms with van der Waals surface area (Å²) in [6, 6.07) is 0. The zero-order valence-corrected chi connectivity index (χ0v) is 14.2. The molecule has 0 radical (unpaired) electrons. The average molecular weight is 290 g/mol. The van der Waals surface area contributed by atoms with E-state index >= 15 is 0 Å². The van der Waals surface area contributed by atoms with E-state index in [9.17, 15) is 0 Å². The highest BCUT2D eigenvalue weighted by Gasteiger charge is 2.24. The van der Waals surface area contributed by atoms with Crippen LogP contribution < -0.4 is 10.2 Å². The summed E-state index contributed by atoms with van der Waals surface area (Å²) < 4.78 is 0. The maximum Gasteiger partial charge on any atom is 0.225 e. The van der Waals surface area contributed by atoms with Crippen LogP contribution in [0.3, 0.4) is 0 Å². The zero-order chi connectivity index (χ0) is 15.5. The van der Waals surface area contributed by atoms with Gasteiger partial charge in [-0.1, -0.05) is 20.8 Å². The van der Waals surface area contributed by atoms with Crippen molar-refractivity contribution >= 4 is 5.95 Å². The molecule has 1 aromatic rings. The number of nitrogens with one attached hydrogen (secondary N) is 1. The van der Waals surface area contributed by atoms with Gasteiger partial charge in [-0.05, 0) is 38.5 Å². The van der Waals surface area contributed by atoms with Crippen molar-refractivity contribution in [1.29, 1.82) is 0 Å². The molecule has 0 bridgehead atoms. The van der Waals surface area contributed by atoms with Crippen LogP contribution >= 0.6 is 0 Å². The molecule has 0 atom stereocenters. The number of hydrogen-bond acceptors (Lipinski definition) is 4. The second-order valence-electron chi connectivity index (χ2n) is 8.06. The Morgan fingerprint density at radius 2 is 1.62 bits per heavy atom. The van der Waals surface area contributed by atoms with Gasteiger partial charge in [0.1, 0.15) is 0 Å². The van der Waals surface area contributed by atoms with E-state index in [1.54, 1.807) is 0 Å². The smallest absolute Gasteiger partial charge is 0.225 e. The Hall–Kier alpha value is -1.16. The van der Waals surface area contributed by atoms with Gasteiger partial charge in [-0.3, -0.25) is 0 Å². The van der Waals surface area contributed by atoms with Gasteiger partial charge in [0.15, 0.2) is 0 Å². The van der Waals surface area contributed by atoms with Crippen molar-refractivity contribution in [3.05, 3.63) is 18.0 Å².